The lowest BCUT2D eigenvalue weighted by atomic mass is 10.1. The Kier molecular flexibility index (Phi) is 7.67. The molecule has 1 unspecified atom stereocenters. The van der Waals surface area contributed by atoms with Gasteiger partial charge in [0.05, 0.1) is 12.6 Å². The molecule has 6 heteroatoms. The standard InChI is InChI=1S/C15H29N3O3/c1-12(2)5-6-16-15(21)13(3)18-8-4-7-17(9-10-18)11-14(19)20/h12-13H,4-11H2,1-3H3,(H,16,21)(H,19,20). The Hall–Kier alpha value is -1.14. The molecule has 21 heavy (non-hydrogen) atoms. The smallest absolute Gasteiger partial charge is 0.317 e. The van der Waals surface area contributed by atoms with E-state index >= 15 is 0 Å². The number of carboxylic acids is 1. The third kappa shape index (κ3) is 6.91. The van der Waals surface area contributed by atoms with E-state index in [1.807, 2.05) is 11.8 Å². The summed E-state index contributed by atoms with van der Waals surface area (Å²) >= 11 is 0. The van der Waals surface area contributed by atoms with E-state index in [4.69, 9.17) is 5.11 Å². The molecule has 2 N–H and O–H groups in total. The van der Waals surface area contributed by atoms with E-state index in [9.17, 15) is 9.59 Å². The Morgan fingerprint density at radius 1 is 1.14 bits per heavy atom. The van der Waals surface area contributed by atoms with Crippen LogP contribution in [0.3, 0.4) is 0 Å². The molecule has 0 spiro atoms. The van der Waals surface area contributed by atoms with Crippen LogP contribution < -0.4 is 5.32 Å². The van der Waals surface area contributed by atoms with Gasteiger partial charge in [0.25, 0.3) is 0 Å². The van der Waals surface area contributed by atoms with E-state index < -0.39 is 5.97 Å². The molecule has 0 aromatic rings. The number of carbonyl (C=O) groups excluding carboxylic acids is 1. The summed E-state index contributed by atoms with van der Waals surface area (Å²) in [6, 6.07) is -0.151. The third-order valence-electron chi connectivity index (χ3n) is 3.93. The van der Waals surface area contributed by atoms with Crippen LogP contribution >= 0.6 is 0 Å². The average molecular weight is 299 g/mol. The monoisotopic (exact) mass is 299 g/mol. The van der Waals surface area contributed by atoms with E-state index in [0.29, 0.717) is 12.5 Å². The summed E-state index contributed by atoms with van der Waals surface area (Å²) in [5, 5.41) is 11.8. The number of carbonyl (C=O) groups is 2. The molecular formula is C15H29N3O3. The highest BCUT2D eigenvalue weighted by Gasteiger charge is 2.24. The predicted molar refractivity (Wildman–Crippen MR) is 82.2 cm³/mol. The average Bonchev–Trinajstić information content (AvgIpc) is 2.62. The summed E-state index contributed by atoms with van der Waals surface area (Å²) in [7, 11) is 0. The summed E-state index contributed by atoms with van der Waals surface area (Å²) in [6.45, 7) is 10.1. The molecule has 0 saturated carbocycles. The molecule has 1 aliphatic rings. The van der Waals surface area contributed by atoms with Gasteiger partial charge in [0.15, 0.2) is 0 Å². The van der Waals surface area contributed by atoms with Crippen molar-refractivity contribution in [3.8, 4) is 0 Å². The van der Waals surface area contributed by atoms with E-state index in [-0.39, 0.29) is 18.5 Å². The fraction of sp³-hybridized carbons (Fsp3) is 0.867. The molecule has 1 fully saturated rings. The van der Waals surface area contributed by atoms with Gasteiger partial charge in [-0.3, -0.25) is 19.4 Å². The Morgan fingerprint density at radius 2 is 1.86 bits per heavy atom. The van der Waals surface area contributed by atoms with Crippen molar-refractivity contribution in [1.29, 1.82) is 0 Å². The van der Waals surface area contributed by atoms with Gasteiger partial charge in [-0.25, -0.2) is 0 Å². The molecule has 6 nitrogen and oxygen atoms in total. The first-order valence-electron chi connectivity index (χ1n) is 7.86. The quantitative estimate of drug-likeness (QED) is 0.721. The molecule has 0 aromatic carbocycles. The minimum absolute atomic E-state index is 0.0716. The molecule has 122 valence electrons. The lowest BCUT2D eigenvalue weighted by Crippen LogP contribution is -2.47. The molecule has 1 aliphatic heterocycles. The highest BCUT2D eigenvalue weighted by Crippen LogP contribution is 2.07. The molecule has 1 amide bonds. The topological polar surface area (TPSA) is 72.9 Å². The van der Waals surface area contributed by atoms with Gasteiger partial charge in [0.1, 0.15) is 0 Å². The van der Waals surface area contributed by atoms with Crippen molar-refractivity contribution in [2.75, 3.05) is 39.3 Å². The maximum Gasteiger partial charge on any atom is 0.317 e. The van der Waals surface area contributed by atoms with Crippen molar-refractivity contribution in [3.63, 3.8) is 0 Å². The molecule has 1 saturated heterocycles. The highest BCUT2D eigenvalue weighted by molar-refractivity contribution is 5.81. The van der Waals surface area contributed by atoms with E-state index in [1.54, 1.807) is 0 Å². The van der Waals surface area contributed by atoms with E-state index in [1.165, 1.54) is 0 Å². The fourth-order valence-corrected chi connectivity index (χ4v) is 2.53. The van der Waals surface area contributed by atoms with Crippen molar-refractivity contribution >= 4 is 11.9 Å². The minimum atomic E-state index is -0.789. The molecule has 0 aliphatic carbocycles. The SMILES string of the molecule is CC(C)CCNC(=O)C(C)N1CCCN(CC(=O)O)CC1. The third-order valence-corrected chi connectivity index (χ3v) is 3.93. The number of hydrogen-bond donors (Lipinski definition) is 2. The summed E-state index contributed by atoms with van der Waals surface area (Å²) in [6.07, 6.45) is 1.89. The Balaban J connectivity index is 2.38. The zero-order chi connectivity index (χ0) is 15.8. The second-order valence-electron chi connectivity index (χ2n) is 6.21. The number of carboxylic acid groups (broad SMARTS) is 1. The molecular weight excluding hydrogens is 270 g/mol. The fourth-order valence-electron chi connectivity index (χ4n) is 2.53. The van der Waals surface area contributed by atoms with Crippen LogP contribution in [0.5, 0.6) is 0 Å². The maximum atomic E-state index is 12.1. The second-order valence-corrected chi connectivity index (χ2v) is 6.21. The normalized spacial score (nSPS) is 19.2. The Bertz CT molecular complexity index is 347. The van der Waals surface area contributed by atoms with Crippen LogP contribution in [-0.4, -0.2) is 72.1 Å². The van der Waals surface area contributed by atoms with Gasteiger partial charge < -0.3 is 10.4 Å². The number of hydrogen-bond acceptors (Lipinski definition) is 4. The van der Waals surface area contributed by atoms with Crippen molar-refractivity contribution in [1.82, 2.24) is 15.1 Å². The van der Waals surface area contributed by atoms with Crippen LogP contribution in [0.1, 0.15) is 33.6 Å². The number of nitrogens with zero attached hydrogens (tertiary/aromatic N) is 2. The van der Waals surface area contributed by atoms with Crippen molar-refractivity contribution in [2.24, 2.45) is 5.92 Å². The van der Waals surface area contributed by atoms with Crippen LogP contribution in [0, 0.1) is 5.92 Å². The number of aliphatic carboxylic acids is 1. The summed E-state index contributed by atoms with van der Waals surface area (Å²) in [5.41, 5.74) is 0. The van der Waals surface area contributed by atoms with Crippen LogP contribution in [0.25, 0.3) is 0 Å². The molecule has 1 heterocycles. The number of rotatable bonds is 7. The number of amides is 1. The largest absolute Gasteiger partial charge is 0.480 e. The molecule has 1 rings (SSSR count). The molecule has 0 aromatic heterocycles. The maximum absolute atomic E-state index is 12.1. The molecule has 1 atom stereocenters. The van der Waals surface area contributed by atoms with Gasteiger partial charge in [0.2, 0.25) is 5.91 Å². The Labute approximate surface area is 127 Å². The van der Waals surface area contributed by atoms with Crippen molar-refractivity contribution in [2.45, 2.75) is 39.7 Å². The number of nitrogens with one attached hydrogen (secondary N) is 1. The zero-order valence-corrected chi connectivity index (χ0v) is 13.5. The van der Waals surface area contributed by atoms with Crippen molar-refractivity contribution < 1.29 is 14.7 Å². The van der Waals surface area contributed by atoms with Crippen LogP contribution in [0.15, 0.2) is 0 Å². The molecule has 0 bridgehead atoms. The predicted octanol–water partition coefficient (Wildman–Crippen LogP) is 0.630. The highest BCUT2D eigenvalue weighted by atomic mass is 16.4. The van der Waals surface area contributed by atoms with Crippen LogP contribution in [-0.2, 0) is 9.59 Å². The van der Waals surface area contributed by atoms with Gasteiger partial charge in [-0.1, -0.05) is 13.8 Å². The van der Waals surface area contributed by atoms with Gasteiger partial charge in [-0.2, -0.15) is 0 Å². The summed E-state index contributed by atoms with van der Waals surface area (Å²) < 4.78 is 0. The zero-order valence-electron chi connectivity index (χ0n) is 13.5. The lowest BCUT2D eigenvalue weighted by Gasteiger charge is -2.27. The summed E-state index contributed by atoms with van der Waals surface area (Å²) in [4.78, 5) is 27.0. The second kappa shape index (κ2) is 9.00. The lowest BCUT2D eigenvalue weighted by molar-refractivity contribution is -0.138. The molecule has 0 radical (unpaired) electrons. The van der Waals surface area contributed by atoms with E-state index in [0.717, 1.165) is 39.0 Å². The first kappa shape index (κ1) is 17.9. The van der Waals surface area contributed by atoms with Gasteiger partial charge in [-0.15, -0.1) is 0 Å². The van der Waals surface area contributed by atoms with Gasteiger partial charge in [-0.05, 0) is 25.7 Å². The van der Waals surface area contributed by atoms with Crippen molar-refractivity contribution in [3.05, 3.63) is 0 Å². The van der Waals surface area contributed by atoms with E-state index in [2.05, 4.69) is 24.1 Å². The van der Waals surface area contributed by atoms with Gasteiger partial charge in [0, 0.05) is 32.7 Å². The summed E-state index contributed by atoms with van der Waals surface area (Å²) in [5.74, 6) is -0.131. The van der Waals surface area contributed by atoms with Crippen LogP contribution in [0.2, 0.25) is 0 Å². The first-order chi connectivity index (χ1) is 9.90. The Morgan fingerprint density at radius 3 is 2.48 bits per heavy atom. The van der Waals surface area contributed by atoms with Crippen LogP contribution in [0.4, 0.5) is 0 Å². The first-order valence-corrected chi connectivity index (χ1v) is 7.86. The minimum Gasteiger partial charge on any atom is -0.480 e. The van der Waals surface area contributed by atoms with Gasteiger partial charge >= 0.3 is 5.97 Å².